The summed E-state index contributed by atoms with van der Waals surface area (Å²) in [5, 5.41) is 54.7. The lowest BCUT2D eigenvalue weighted by atomic mass is 9.96. The normalized spacial score (nSPS) is 9.82. The van der Waals surface area contributed by atoms with Gasteiger partial charge in [-0.2, -0.15) is 10.5 Å². The van der Waals surface area contributed by atoms with Crippen LogP contribution in [0.3, 0.4) is 0 Å². The summed E-state index contributed by atoms with van der Waals surface area (Å²) in [6.45, 7) is -0.138. The van der Waals surface area contributed by atoms with Gasteiger partial charge in [-0.15, -0.1) is 0 Å². The molecule has 0 spiro atoms. The van der Waals surface area contributed by atoms with Crippen molar-refractivity contribution in [1.82, 2.24) is 0 Å². The predicted octanol–water partition coefficient (Wildman–Crippen LogP) is 12.5. The number of aliphatic hydroxyl groups is 3. The Labute approximate surface area is 421 Å². The Morgan fingerprint density at radius 3 is 1.19 bits per heavy atom. The zero-order valence-electron chi connectivity index (χ0n) is 36.6. The summed E-state index contributed by atoms with van der Waals surface area (Å²) < 4.78 is 1.44. The molecule has 0 fully saturated rings. The molecule has 0 radical (unpaired) electrons. The minimum atomic E-state index is -1.01. The first-order valence-corrected chi connectivity index (χ1v) is 23.4. The third-order valence-electron chi connectivity index (χ3n) is 10.1. The number of nitrogens with two attached hydrogens (primary N) is 3. The number of carboxylic acids is 1. The molecule has 0 bridgehead atoms. The number of nitrogen functional groups attached to an aromatic ring is 3. The van der Waals surface area contributed by atoms with Gasteiger partial charge in [0, 0.05) is 36.7 Å². The maximum Gasteiger partial charge on any atom is 0.337 e. The molecule has 0 atom stereocenters. The highest BCUT2D eigenvalue weighted by molar-refractivity contribution is 9.11. The van der Waals surface area contributed by atoms with E-state index in [1.807, 2.05) is 152 Å². The molecule has 0 aliphatic rings. The molecule has 0 unspecified atom stereocenters. The molecule has 0 heterocycles. The summed E-state index contributed by atoms with van der Waals surface area (Å²) in [7, 11) is 0. The Bertz CT molecular complexity index is 2860. The number of benzene rings is 8. The summed E-state index contributed by atoms with van der Waals surface area (Å²) in [6, 6.07) is 61.5. The van der Waals surface area contributed by atoms with E-state index in [0.29, 0.717) is 32.3 Å². The van der Waals surface area contributed by atoms with Crippen LogP contribution in [0.1, 0.15) is 43.7 Å². The molecule has 10 N–H and O–H groups in total. The molecule has 0 aliphatic carbocycles. The van der Waals surface area contributed by atoms with Crippen LogP contribution < -0.4 is 17.2 Å². The van der Waals surface area contributed by atoms with Gasteiger partial charge >= 0.3 is 5.97 Å². The van der Waals surface area contributed by atoms with E-state index in [-0.39, 0.29) is 31.1 Å². The third-order valence-corrected chi connectivity index (χ3v) is 12.0. The van der Waals surface area contributed by atoms with Crippen molar-refractivity contribution in [2.75, 3.05) is 17.2 Å². The standard InChI is InChI=1S/C14H10BrN.C14H11NO.C13H13NO.C7H6BrNO2.C7H8BrNO/c15-9-12-7-4-8-13(14(12)10-16)11-5-2-1-3-6-11;15-9-14-12(10-16)7-4-8-13(14)11-5-2-1-3-6-11;14-13-11(9-15)7-4-8-12(13)10-5-2-1-3-6-10;8-5-3-1-2-4(6(5)9)7(10)11;8-6-3-1-2-5(4-10)7(6)9/h1-8H,9H2;1-8,16H,10H2;1-8,15H,9,14H2;1-3H,9H2,(H,10,11);1-3,10H,4,9H2. The van der Waals surface area contributed by atoms with Gasteiger partial charge in [0.25, 0.3) is 0 Å². The molecule has 344 valence electrons. The van der Waals surface area contributed by atoms with E-state index in [1.54, 1.807) is 24.3 Å². The lowest BCUT2D eigenvalue weighted by Crippen LogP contribution is -2.02. The average Bonchev–Trinajstić information content (AvgIpc) is 3.39. The summed E-state index contributed by atoms with van der Waals surface area (Å²) >= 11 is 9.78. The number of carboxylic acid groups (broad SMARTS) is 1. The Kier molecular flexibility index (Phi) is 22.2. The zero-order valence-corrected chi connectivity index (χ0v) is 41.4. The first-order valence-electron chi connectivity index (χ1n) is 20.7. The van der Waals surface area contributed by atoms with Crippen molar-refractivity contribution in [3.05, 3.63) is 230 Å². The second-order valence-electron chi connectivity index (χ2n) is 14.3. The monoisotopic (exact) mass is 1100 g/mol. The van der Waals surface area contributed by atoms with Crippen molar-refractivity contribution in [2.24, 2.45) is 0 Å². The number of para-hydroxylation sites is 3. The molecule has 0 aliphatic heterocycles. The average molecular weight is 1100 g/mol. The zero-order chi connectivity index (χ0) is 49.4. The number of hydrogen-bond donors (Lipinski definition) is 7. The van der Waals surface area contributed by atoms with E-state index in [1.165, 1.54) is 6.07 Å². The molecule has 0 saturated heterocycles. The number of nitriles is 2. The fraction of sp³-hybridized carbons (Fsp3) is 0.0727. The molecular weight excluding hydrogens is 1050 g/mol. The van der Waals surface area contributed by atoms with Crippen LogP contribution in [0.15, 0.2) is 191 Å². The molecule has 8 aromatic carbocycles. The third kappa shape index (κ3) is 15.0. The predicted molar refractivity (Wildman–Crippen MR) is 284 cm³/mol. The Balaban J connectivity index is 0.000000188. The number of aliphatic hydroxyl groups excluding tert-OH is 3. The minimum Gasteiger partial charge on any atom is -0.478 e. The molecule has 8 aromatic rings. The van der Waals surface area contributed by atoms with Crippen molar-refractivity contribution in [3.8, 4) is 45.5 Å². The van der Waals surface area contributed by atoms with Crippen LogP contribution >= 0.6 is 47.8 Å². The van der Waals surface area contributed by atoms with E-state index in [2.05, 4.69) is 59.9 Å². The molecule has 0 aromatic heterocycles. The Morgan fingerprint density at radius 1 is 0.441 bits per heavy atom. The highest BCUT2D eigenvalue weighted by atomic mass is 79.9. The quantitative estimate of drug-likeness (QED) is 0.0563. The van der Waals surface area contributed by atoms with Crippen molar-refractivity contribution in [2.45, 2.75) is 25.2 Å². The van der Waals surface area contributed by atoms with Gasteiger partial charge in [-0.3, -0.25) is 0 Å². The second kappa shape index (κ2) is 28.2. The first-order chi connectivity index (χ1) is 32.9. The van der Waals surface area contributed by atoms with Gasteiger partial charge in [0.2, 0.25) is 0 Å². The number of nitrogens with zero attached hydrogens (tertiary/aromatic N) is 2. The van der Waals surface area contributed by atoms with Crippen LogP contribution in [0.5, 0.6) is 0 Å². The topological polar surface area (TPSA) is 224 Å². The van der Waals surface area contributed by atoms with Crippen LogP contribution in [0, 0.1) is 22.7 Å². The summed E-state index contributed by atoms with van der Waals surface area (Å²) in [5.41, 5.74) is 29.2. The van der Waals surface area contributed by atoms with Crippen molar-refractivity contribution in [3.63, 3.8) is 0 Å². The summed E-state index contributed by atoms with van der Waals surface area (Å²) in [6.07, 6.45) is 0. The minimum absolute atomic E-state index is 0.00866. The van der Waals surface area contributed by atoms with Crippen molar-refractivity contribution < 1.29 is 25.2 Å². The molecular formula is C55H48Br3N5O5. The number of hydrogen-bond acceptors (Lipinski definition) is 9. The number of aromatic carboxylic acids is 1. The van der Waals surface area contributed by atoms with Crippen LogP contribution in [0.4, 0.5) is 17.1 Å². The van der Waals surface area contributed by atoms with Gasteiger partial charge in [-0.1, -0.05) is 180 Å². The SMILES string of the molecule is N#Cc1c(CBr)cccc1-c1ccccc1.N#Cc1c(CO)cccc1-c1ccccc1.Nc1c(Br)cccc1C(=O)O.Nc1c(Br)cccc1CO.Nc1c(CO)cccc1-c1ccccc1. The maximum absolute atomic E-state index is 10.5. The Morgan fingerprint density at radius 2 is 0.794 bits per heavy atom. The molecule has 10 nitrogen and oxygen atoms in total. The number of carbonyl (C=O) groups is 1. The maximum atomic E-state index is 10.5. The highest BCUT2D eigenvalue weighted by Gasteiger charge is 2.11. The number of alkyl halides is 1. The van der Waals surface area contributed by atoms with Gasteiger partial charge in [-0.05, 0) is 89.0 Å². The van der Waals surface area contributed by atoms with Gasteiger partial charge in [0.1, 0.15) is 12.1 Å². The Hall–Kier alpha value is -7.07. The first kappa shape index (κ1) is 53.5. The lowest BCUT2D eigenvalue weighted by Gasteiger charge is -2.09. The number of rotatable bonds is 8. The second-order valence-corrected chi connectivity index (χ2v) is 16.6. The van der Waals surface area contributed by atoms with Gasteiger partial charge in [-0.25, -0.2) is 4.79 Å². The molecule has 8 rings (SSSR count). The van der Waals surface area contributed by atoms with Gasteiger partial charge in [0.15, 0.2) is 0 Å². The summed E-state index contributed by atoms with van der Waals surface area (Å²) in [5.74, 6) is -1.01. The van der Waals surface area contributed by atoms with Gasteiger partial charge in [0.05, 0.1) is 47.9 Å². The van der Waals surface area contributed by atoms with E-state index in [0.717, 1.165) is 60.1 Å². The van der Waals surface area contributed by atoms with E-state index >= 15 is 0 Å². The number of anilines is 3. The fourth-order valence-corrected chi connectivity index (χ4v) is 7.73. The van der Waals surface area contributed by atoms with Crippen molar-refractivity contribution in [1.29, 1.82) is 10.5 Å². The largest absolute Gasteiger partial charge is 0.478 e. The molecule has 0 amide bonds. The van der Waals surface area contributed by atoms with Crippen LogP contribution in [0.25, 0.3) is 33.4 Å². The van der Waals surface area contributed by atoms with Crippen LogP contribution in [-0.2, 0) is 25.2 Å². The molecule has 0 saturated carbocycles. The molecule has 68 heavy (non-hydrogen) atoms. The smallest absolute Gasteiger partial charge is 0.337 e. The van der Waals surface area contributed by atoms with E-state index in [9.17, 15) is 10.1 Å². The fourth-order valence-electron chi connectivity index (χ4n) is 6.49. The van der Waals surface area contributed by atoms with Crippen molar-refractivity contribution >= 4 is 70.8 Å². The number of halogens is 3. The highest BCUT2D eigenvalue weighted by Crippen LogP contribution is 2.30. The van der Waals surface area contributed by atoms with Crippen LogP contribution in [-0.4, -0.2) is 26.4 Å². The van der Waals surface area contributed by atoms with E-state index < -0.39 is 5.97 Å². The lowest BCUT2D eigenvalue weighted by molar-refractivity contribution is 0.0698. The van der Waals surface area contributed by atoms with Crippen LogP contribution in [0.2, 0.25) is 0 Å². The van der Waals surface area contributed by atoms with E-state index in [4.69, 9.17) is 42.9 Å². The molecule has 13 heteroatoms. The summed E-state index contributed by atoms with van der Waals surface area (Å²) in [4.78, 5) is 10.5. The van der Waals surface area contributed by atoms with Gasteiger partial charge < -0.3 is 37.6 Å².